The lowest BCUT2D eigenvalue weighted by Crippen LogP contribution is -2.15. The van der Waals surface area contributed by atoms with Crippen molar-refractivity contribution in [1.29, 1.82) is 0 Å². The SMILES string of the molecule is CC(CSc1ccccc1NC(=O)Cc1ccc(O)c(F)c1)c1nn[nH]n1. The van der Waals surface area contributed by atoms with Gasteiger partial charge in [-0.05, 0) is 29.8 Å². The van der Waals surface area contributed by atoms with Gasteiger partial charge in [-0.1, -0.05) is 30.3 Å². The molecule has 0 aliphatic heterocycles. The number of H-pyrrole nitrogens is 1. The number of para-hydroxylation sites is 1. The molecule has 0 saturated carbocycles. The van der Waals surface area contributed by atoms with E-state index in [2.05, 4.69) is 25.9 Å². The number of phenolic OH excluding ortho intramolecular Hbond substituents is 1. The Morgan fingerprint density at radius 2 is 2.15 bits per heavy atom. The lowest BCUT2D eigenvalue weighted by atomic mass is 10.1. The van der Waals surface area contributed by atoms with E-state index in [9.17, 15) is 14.3 Å². The fourth-order valence-corrected chi connectivity index (χ4v) is 3.43. The van der Waals surface area contributed by atoms with Crippen LogP contribution in [0.1, 0.15) is 24.2 Å². The van der Waals surface area contributed by atoms with Crippen LogP contribution < -0.4 is 5.32 Å². The Balaban J connectivity index is 1.62. The highest BCUT2D eigenvalue weighted by molar-refractivity contribution is 7.99. The number of hydrogen-bond donors (Lipinski definition) is 3. The molecule has 3 N–H and O–H groups in total. The van der Waals surface area contributed by atoms with Crippen molar-refractivity contribution >= 4 is 23.4 Å². The molecule has 27 heavy (non-hydrogen) atoms. The van der Waals surface area contributed by atoms with Crippen LogP contribution in [0.2, 0.25) is 0 Å². The molecule has 140 valence electrons. The van der Waals surface area contributed by atoms with Gasteiger partial charge in [0.25, 0.3) is 0 Å². The second kappa shape index (κ2) is 8.63. The van der Waals surface area contributed by atoms with Gasteiger partial charge in [-0.3, -0.25) is 4.79 Å². The summed E-state index contributed by atoms with van der Waals surface area (Å²) in [6.45, 7) is 2.00. The Kier molecular flexibility index (Phi) is 6.02. The van der Waals surface area contributed by atoms with Crippen LogP contribution in [0, 0.1) is 5.82 Å². The number of tetrazole rings is 1. The number of nitrogens with zero attached hydrogens (tertiary/aromatic N) is 3. The van der Waals surface area contributed by atoms with Crippen molar-refractivity contribution in [3.05, 3.63) is 59.7 Å². The molecule has 0 saturated heterocycles. The second-order valence-corrected chi connectivity index (χ2v) is 7.05. The average Bonchev–Trinajstić information content (AvgIpc) is 3.18. The molecule has 0 aliphatic rings. The normalized spacial score (nSPS) is 11.9. The Hall–Kier alpha value is -2.94. The van der Waals surface area contributed by atoms with Gasteiger partial charge >= 0.3 is 0 Å². The van der Waals surface area contributed by atoms with Crippen molar-refractivity contribution in [3.8, 4) is 5.75 Å². The summed E-state index contributed by atoms with van der Waals surface area (Å²) in [6.07, 6.45) is 0.00939. The number of anilines is 1. The molecular formula is C18H18FN5O2S. The topological polar surface area (TPSA) is 104 Å². The van der Waals surface area contributed by atoms with Gasteiger partial charge in [0.2, 0.25) is 5.91 Å². The number of carbonyl (C=O) groups is 1. The van der Waals surface area contributed by atoms with Gasteiger partial charge < -0.3 is 10.4 Å². The van der Waals surface area contributed by atoms with Crippen LogP contribution in [-0.4, -0.2) is 37.4 Å². The lowest BCUT2D eigenvalue weighted by molar-refractivity contribution is -0.115. The summed E-state index contributed by atoms with van der Waals surface area (Å²) in [5, 5.41) is 26.0. The van der Waals surface area contributed by atoms with Crippen molar-refractivity contribution in [2.45, 2.75) is 24.2 Å². The smallest absolute Gasteiger partial charge is 0.228 e. The molecule has 7 nitrogen and oxygen atoms in total. The van der Waals surface area contributed by atoms with Crippen LogP contribution in [0.25, 0.3) is 0 Å². The van der Waals surface area contributed by atoms with Crippen molar-refractivity contribution < 1.29 is 14.3 Å². The first-order valence-corrected chi connectivity index (χ1v) is 9.24. The Morgan fingerprint density at radius 1 is 1.33 bits per heavy atom. The number of amides is 1. The number of hydrogen-bond acceptors (Lipinski definition) is 6. The number of phenols is 1. The lowest BCUT2D eigenvalue weighted by Gasteiger charge is -2.12. The maximum absolute atomic E-state index is 13.4. The molecular weight excluding hydrogens is 369 g/mol. The zero-order valence-electron chi connectivity index (χ0n) is 14.5. The molecule has 3 aromatic rings. The number of aromatic hydroxyl groups is 1. The maximum Gasteiger partial charge on any atom is 0.228 e. The molecule has 1 heterocycles. The fourth-order valence-electron chi connectivity index (χ4n) is 2.40. The summed E-state index contributed by atoms with van der Waals surface area (Å²) in [5.41, 5.74) is 1.17. The summed E-state index contributed by atoms with van der Waals surface area (Å²) in [7, 11) is 0. The molecule has 0 fully saturated rings. The fraction of sp³-hybridized carbons (Fsp3) is 0.222. The molecule has 9 heteroatoms. The molecule has 0 bridgehead atoms. The monoisotopic (exact) mass is 387 g/mol. The first-order chi connectivity index (χ1) is 13.0. The minimum Gasteiger partial charge on any atom is -0.505 e. The third-order valence-corrected chi connectivity index (χ3v) is 5.16. The number of carbonyl (C=O) groups excluding carboxylic acids is 1. The van der Waals surface area contributed by atoms with Crippen LogP contribution in [0.15, 0.2) is 47.4 Å². The van der Waals surface area contributed by atoms with E-state index >= 15 is 0 Å². The predicted molar refractivity (Wildman–Crippen MR) is 100 cm³/mol. The Bertz CT molecular complexity index is 920. The Labute approximate surface area is 159 Å². The molecule has 2 aromatic carbocycles. The van der Waals surface area contributed by atoms with E-state index in [1.807, 2.05) is 31.2 Å². The number of halogens is 1. The minimum atomic E-state index is -0.744. The first-order valence-electron chi connectivity index (χ1n) is 8.25. The highest BCUT2D eigenvalue weighted by atomic mass is 32.2. The van der Waals surface area contributed by atoms with E-state index in [1.165, 1.54) is 12.1 Å². The summed E-state index contributed by atoms with van der Waals surface area (Å²) < 4.78 is 13.4. The third kappa shape index (κ3) is 5.04. The average molecular weight is 387 g/mol. The van der Waals surface area contributed by atoms with E-state index in [1.54, 1.807) is 11.8 Å². The van der Waals surface area contributed by atoms with Crippen LogP contribution in [0.5, 0.6) is 5.75 Å². The van der Waals surface area contributed by atoms with E-state index in [4.69, 9.17) is 0 Å². The number of nitrogens with one attached hydrogen (secondary N) is 2. The molecule has 1 amide bonds. The van der Waals surface area contributed by atoms with Gasteiger partial charge in [0.15, 0.2) is 17.4 Å². The summed E-state index contributed by atoms with van der Waals surface area (Å²) in [4.78, 5) is 13.2. The highest BCUT2D eigenvalue weighted by Gasteiger charge is 2.14. The quantitative estimate of drug-likeness (QED) is 0.538. The van der Waals surface area contributed by atoms with Crippen molar-refractivity contribution in [3.63, 3.8) is 0 Å². The van der Waals surface area contributed by atoms with E-state index in [-0.39, 0.29) is 18.2 Å². The van der Waals surface area contributed by atoms with Crippen LogP contribution in [0.4, 0.5) is 10.1 Å². The van der Waals surface area contributed by atoms with Crippen LogP contribution in [0.3, 0.4) is 0 Å². The van der Waals surface area contributed by atoms with Gasteiger partial charge in [-0.25, -0.2) is 4.39 Å². The van der Waals surface area contributed by atoms with E-state index < -0.39 is 11.6 Å². The highest BCUT2D eigenvalue weighted by Crippen LogP contribution is 2.30. The zero-order valence-corrected chi connectivity index (χ0v) is 15.3. The van der Waals surface area contributed by atoms with Crippen molar-refractivity contribution in [2.24, 2.45) is 0 Å². The molecule has 0 spiro atoms. The second-order valence-electron chi connectivity index (χ2n) is 5.99. The molecule has 1 atom stereocenters. The summed E-state index contributed by atoms with van der Waals surface area (Å²) in [6, 6.07) is 11.4. The van der Waals surface area contributed by atoms with Crippen LogP contribution >= 0.6 is 11.8 Å². The third-order valence-electron chi connectivity index (χ3n) is 3.83. The predicted octanol–water partition coefficient (Wildman–Crippen LogP) is 3.12. The van der Waals surface area contributed by atoms with E-state index in [0.717, 1.165) is 16.7 Å². The van der Waals surface area contributed by atoms with E-state index in [0.29, 0.717) is 17.1 Å². The standard InChI is InChI=1S/C18H18FN5O2S/c1-11(18-21-23-24-22-18)10-27-16-5-3-2-4-14(16)20-17(26)9-12-6-7-15(25)13(19)8-12/h2-8,11,25H,9-10H2,1H3,(H,20,26)(H,21,22,23,24). The first kappa shape index (κ1) is 18.8. The van der Waals surface area contributed by atoms with Crippen LogP contribution in [-0.2, 0) is 11.2 Å². The number of aromatic amines is 1. The van der Waals surface area contributed by atoms with Gasteiger partial charge in [-0.2, -0.15) is 5.21 Å². The van der Waals surface area contributed by atoms with Crippen molar-refractivity contribution in [2.75, 3.05) is 11.1 Å². The maximum atomic E-state index is 13.4. The number of benzene rings is 2. The Morgan fingerprint density at radius 3 is 2.89 bits per heavy atom. The van der Waals surface area contributed by atoms with Gasteiger partial charge in [0, 0.05) is 16.6 Å². The largest absolute Gasteiger partial charge is 0.505 e. The molecule has 0 radical (unpaired) electrons. The van der Waals surface area contributed by atoms with Gasteiger partial charge in [0.05, 0.1) is 12.1 Å². The summed E-state index contributed by atoms with van der Waals surface area (Å²) >= 11 is 1.58. The number of thioether (sulfide) groups is 1. The van der Waals surface area contributed by atoms with Crippen molar-refractivity contribution in [1.82, 2.24) is 20.6 Å². The number of aromatic nitrogens is 4. The van der Waals surface area contributed by atoms with Gasteiger partial charge in [-0.15, -0.1) is 22.0 Å². The molecule has 3 rings (SSSR count). The zero-order chi connectivity index (χ0) is 19.2. The number of rotatable bonds is 7. The molecule has 0 aliphatic carbocycles. The summed E-state index contributed by atoms with van der Waals surface area (Å²) in [5.74, 6) is 0.00817. The van der Waals surface area contributed by atoms with Gasteiger partial charge in [0.1, 0.15) is 0 Å². The minimum absolute atomic E-state index is 0.00939. The molecule has 1 unspecified atom stereocenters. The molecule has 1 aromatic heterocycles.